The molecule has 0 unspecified atom stereocenters. The number of ether oxygens (including phenoxy) is 1. The summed E-state index contributed by atoms with van der Waals surface area (Å²) in [5.41, 5.74) is 0. The second-order valence-corrected chi connectivity index (χ2v) is 3.51. The van der Waals surface area contributed by atoms with Gasteiger partial charge in [-0.2, -0.15) is 0 Å². The molecule has 3 heteroatoms. The van der Waals surface area contributed by atoms with Crippen molar-refractivity contribution in [3.63, 3.8) is 0 Å². The van der Waals surface area contributed by atoms with Crippen LogP contribution in [0.25, 0.3) is 0 Å². The van der Waals surface area contributed by atoms with Gasteiger partial charge in [0.1, 0.15) is 0 Å². The first kappa shape index (κ1) is 11.4. The Labute approximate surface area is 77.8 Å². The van der Waals surface area contributed by atoms with Crippen LogP contribution in [-0.4, -0.2) is 31.1 Å². The van der Waals surface area contributed by atoms with Crippen LogP contribution in [0.4, 0.5) is 0 Å². The van der Waals surface area contributed by atoms with Crippen LogP contribution in [0.15, 0.2) is 0 Å². The fraction of sp³-hybridized carbons (Fsp3) is 1.00. The van der Waals surface area contributed by atoms with Gasteiger partial charge in [-0.1, -0.05) is 15.9 Å². The van der Waals surface area contributed by atoms with Gasteiger partial charge in [-0.3, -0.25) is 0 Å². The Morgan fingerprint density at radius 1 is 1.36 bits per heavy atom. The summed E-state index contributed by atoms with van der Waals surface area (Å²) in [5.74, 6) is 0. The molecule has 0 saturated carbocycles. The summed E-state index contributed by atoms with van der Waals surface area (Å²) < 4.78 is 5.35. The van der Waals surface area contributed by atoms with Crippen molar-refractivity contribution in [3.8, 4) is 0 Å². The Hall–Kier alpha value is 0.400. The van der Waals surface area contributed by atoms with E-state index < -0.39 is 0 Å². The highest BCUT2D eigenvalue weighted by Crippen LogP contribution is 1.86. The Kier molecular flexibility index (Phi) is 8.81. The van der Waals surface area contributed by atoms with Crippen molar-refractivity contribution in [1.29, 1.82) is 0 Å². The molecule has 0 amide bonds. The van der Waals surface area contributed by atoms with E-state index in [0.29, 0.717) is 6.10 Å². The third-order valence-corrected chi connectivity index (χ3v) is 1.78. The summed E-state index contributed by atoms with van der Waals surface area (Å²) in [6.45, 7) is 6.97. The lowest BCUT2D eigenvalue weighted by atomic mass is 10.4. The van der Waals surface area contributed by atoms with E-state index in [2.05, 4.69) is 35.1 Å². The summed E-state index contributed by atoms with van der Waals surface area (Å²) in [6, 6.07) is 0. The number of nitrogens with one attached hydrogen (secondary N) is 1. The molecule has 0 bridgehead atoms. The van der Waals surface area contributed by atoms with Gasteiger partial charge in [0.25, 0.3) is 0 Å². The van der Waals surface area contributed by atoms with Crippen LogP contribution in [0.3, 0.4) is 0 Å². The van der Waals surface area contributed by atoms with Crippen LogP contribution >= 0.6 is 15.9 Å². The molecule has 0 radical (unpaired) electrons. The number of alkyl halides is 1. The van der Waals surface area contributed by atoms with E-state index >= 15 is 0 Å². The van der Waals surface area contributed by atoms with Crippen LogP contribution in [0.5, 0.6) is 0 Å². The van der Waals surface area contributed by atoms with E-state index in [9.17, 15) is 0 Å². The summed E-state index contributed by atoms with van der Waals surface area (Å²) >= 11 is 3.37. The van der Waals surface area contributed by atoms with Gasteiger partial charge in [-0.15, -0.1) is 0 Å². The average molecular weight is 224 g/mol. The first-order valence-electron chi connectivity index (χ1n) is 4.15. The number of hydrogen-bond donors (Lipinski definition) is 1. The summed E-state index contributed by atoms with van der Waals surface area (Å²) in [7, 11) is 0. The SMILES string of the molecule is CC(C)OCCNCCCBr. The molecular weight excluding hydrogens is 206 g/mol. The van der Waals surface area contributed by atoms with Gasteiger partial charge in [-0.25, -0.2) is 0 Å². The lowest BCUT2D eigenvalue weighted by molar-refractivity contribution is 0.0809. The van der Waals surface area contributed by atoms with Crippen molar-refractivity contribution in [3.05, 3.63) is 0 Å². The highest BCUT2D eigenvalue weighted by atomic mass is 79.9. The number of hydrogen-bond acceptors (Lipinski definition) is 2. The maximum Gasteiger partial charge on any atom is 0.0594 e. The molecule has 11 heavy (non-hydrogen) atoms. The molecule has 2 nitrogen and oxygen atoms in total. The Morgan fingerprint density at radius 2 is 2.09 bits per heavy atom. The smallest absolute Gasteiger partial charge is 0.0594 e. The standard InChI is InChI=1S/C8H18BrNO/c1-8(2)11-7-6-10-5-3-4-9/h8,10H,3-7H2,1-2H3. The molecule has 0 aliphatic heterocycles. The molecule has 0 aliphatic rings. The Balaban J connectivity index is 2.80. The molecule has 0 heterocycles. The van der Waals surface area contributed by atoms with Crippen molar-refractivity contribution >= 4 is 15.9 Å². The monoisotopic (exact) mass is 223 g/mol. The summed E-state index contributed by atoms with van der Waals surface area (Å²) in [4.78, 5) is 0. The Morgan fingerprint density at radius 3 is 2.64 bits per heavy atom. The van der Waals surface area contributed by atoms with E-state index in [-0.39, 0.29) is 0 Å². The number of halogens is 1. The van der Waals surface area contributed by atoms with Crippen molar-refractivity contribution in [2.75, 3.05) is 25.0 Å². The molecule has 0 aromatic carbocycles. The molecule has 0 spiro atoms. The minimum absolute atomic E-state index is 0.355. The molecule has 0 rings (SSSR count). The van der Waals surface area contributed by atoms with E-state index in [0.717, 1.165) is 25.0 Å². The molecule has 0 fully saturated rings. The molecule has 0 aliphatic carbocycles. The molecule has 0 aromatic rings. The highest BCUT2D eigenvalue weighted by molar-refractivity contribution is 9.09. The summed E-state index contributed by atoms with van der Waals surface area (Å²) in [6.07, 6.45) is 1.54. The summed E-state index contributed by atoms with van der Waals surface area (Å²) in [5, 5.41) is 4.36. The lowest BCUT2D eigenvalue weighted by Gasteiger charge is -2.07. The van der Waals surface area contributed by atoms with Crippen LogP contribution in [0.2, 0.25) is 0 Å². The van der Waals surface area contributed by atoms with E-state index in [1.165, 1.54) is 6.42 Å². The topological polar surface area (TPSA) is 21.3 Å². The first-order valence-corrected chi connectivity index (χ1v) is 5.27. The largest absolute Gasteiger partial charge is 0.377 e. The quantitative estimate of drug-likeness (QED) is 0.525. The predicted octanol–water partition coefficient (Wildman–Crippen LogP) is 1.79. The van der Waals surface area contributed by atoms with Gasteiger partial charge in [0.15, 0.2) is 0 Å². The zero-order valence-corrected chi connectivity index (χ0v) is 8.99. The zero-order valence-electron chi connectivity index (χ0n) is 7.40. The van der Waals surface area contributed by atoms with Gasteiger partial charge >= 0.3 is 0 Å². The van der Waals surface area contributed by atoms with Crippen LogP contribution < -0.4 is 5.32 Å². The van der Waals surface area contributed by atoms with E-state index in [1.807, 2.05) is 0 Å². The molecule has 68 valence electrons. The van der Waals surface area contributed by atoms with E-state index in [4.69, 9.17) is 4.74 Å². The van der Waals surface area contributed by atoms with Crippen molar-refractivity contribution < 1.29 is 4.74 Å². The highest BCUT2D eigenvalue weighted by Gasteiger charge is 1.91. The minimum Gasteiger partial charge on any atom is -0.377 e. The van der Waals surface area contributed by atoms with Gasteiger partial charge in [0.2, 0.25) is 0 Å². The second kappa shape index (κ2) is 8.50. The fourth-order valence-electron chi connectivity index (χ4n) is 0.684. The molecular formula is C8H18BrNO. The van der Waals surface area contributed by atoms with Crippen LogP contribution in [0, 0.1) is 0 Å². The third kappa shape index (κ3) is 10.4. The average Bonchev–Trinajstić information content (AvgIpc) is 1.96. The van der Waals surface area contributed by atoms with Crippen LogP contribution in [-0.2, 0) is 4.74 Å². The van der Waals surface area contributed by atoms with Gasteiger partial charge in [0, 0.05) is 11.9 Å². The van der Waals surface area contributed by atoms with Crippen molar-refractivity contribution in [1.82, 2.24) is 5.32 Å². The molecule has 0 aromatic heterocycles. The van der Waals surface area contributed by atoms with E-state index in [1.54, 1.807) is 0 Å². The van der Waals surface area contributed by atoms with Gasteiger partial charge < -0.3 is 10.1 Å². The minimum atomic E-state index is 0.355. The van der Waals surface area contributed by atoms with Gasteiger partial charge in [-0.05, 0) is 26.8 Å². The maximum atomic E-state index is 5.35. The maximum absolute atomic E-state index is 5.35. The second-order valence-electron chi connectivity index (χ2n) is 2.71. The van der Waals surface area contributed by atoms with Crippen molar-refractivity contribution in [2.24, 2.45) is 0 Å². The molecule has 0 saturated heterocycles. The zero-order chi connectivity index (χ0) is 8.53. The normalized spacial score (nSPS) is 10.9. The fourth-order valence-corrected chi connectivity index (χ4v) is 0.964. The first-order chi connectivity index (χ1) is 5.27. The number of rotatable bonds is 7. The molecule has 1 N–H and O–H groups in total. The van der Waals surface area contributed by atoms with Crippen LogP contribution in [0.1, 0.15) is 20.3 Å². The third-order valence-electron chi connectivity index (χ3n) is 1.22. The van der Waals surface area contributed by atoms with Gasteiger partial charge in [0.05, 0.1) is 12.7 Å². The lowest BCUT2D eigenvalue weighted by Crippen LogP contribution is -2.22. The predicted molar refractivity (Wildman–Crippen MR) is 52.4 cm³/mol. The van der Waals surface area contributed by atoms with Crippen molar-refractivity contribution in [2.45, 2.75) is 26.4 Å². The molecule has 0 atom stereocenters. The Bertz CT molecular complexity index is 78.5.